The second kappa shape index (κ2) is 7.21. The number of rotatable bonds is 4. The number of hydrogen-bond donors (Lipinski definition) is 0. The third-order valence-electron chi connectivity index (χ3n) is 3.79. The van der Waals surface area contributed by atoms with Gasteiger partial charge in [0.25, 0.3) is 0 Å². The first-order valence-corrected chi connectivity index (χ1v) is 7.55. The molecule has 0 saturated heterocycles. The summed E-state index contributed by atoms with van der Waals surface area (Å²) in [6.07, 6.45) is 0. The van der Waals surface area contributed by atoms with E-state index in [1.807, 2.05) is 96.8 Å². The van der Waals surface area contributed by atoms with Gasteiger partial charge in [0.1, 0.15) is 11.9 Å². The second-order valence-electron chi connectivity index (χ2n) is 5.26. The van der Waals surface area contributed by atoms with Crippen molar-refractivity contribution in [1.82, 2.24) is 0 Å². The zero-order valence-electron chi connectivity index (χ0n) is 12.9. The summed E-state index contributed by atoms with van der Waals surface area (Å²) in [5, 5.41) is 0. The summed E-state index contributed by atoms with van der Waals surface area (Å²) in [7, 11) is 0. The van der Waals surface area contributed by atoms with E-state index in [4.69, 9.17) is 0 Å². The van der Waals surface area contributed by atoms with Crippen LogP contribution < -0.4 is 0 Å². The summed E-state index contributed by atoms with van der Waals surface area (Å²) in [4.78, 5) is 22.7. The molecule has 3 aromatic rings. The number of hydrogen-bond acceptors (Lipinski definition) is 2. The minimum absolute atomic E-state index is 0.499. The summed E-state index contributed by atoms with van der Waals surface area (Å²) in [6, 6.07) is 26.1. The SMILES string of the molecule is O=C=C(c1ccccc1)c1ccc(C(=C=O)c2ccccc2)cc1. The highest BCUT2D eigenvalue weighted by Gasteiger charge is 2.09. The normalized spacial score (nSPS) is 9.67. The molecule has 0 aliphatic carbocycles. The molecule has 2 nitrogen and oxygen atoms in total. The molecule has 0 aliphatic heterocycles. The third-order valence-corrected chi connectivity index (χ3v) is 3.79. The van der Waals surface area contributed by atoms with Crippen molar-refractivity contribution in [2.75, 3.05) is 0 Å². The predicted molar refractivity (Wildman–Crippen MR) is 95.7 cm³/mol. The molecule has 0 aromatic heterocycles. The lowest BCUT2D eigenvalue weighted by atomic mass is 9.95. The Morgan fingerprint density at radius 3 is 1.04 bits per heavy atom. The van der Waals surface area contributed by atoms with Crippen molar-refractivity contribution in [3.8, 4) is 0 Å². The lowest BCUT2D eigenvalue weighted by Gasteiger charge is -2.07. The average molecular weight is 310 g/mol. The van der Waals surface area contributed by atoms with Crippen molar-refractivity contribution in [3.63, 3.8) is 0 Å². The molecule has 0 bridgehead atoms. The van der Waals surface area contributed by atoms with Gasteiger partial charge in [-0.2, -0.15) is 0 Å². The second-order valence-corrected chi connectivity index (χ2v) is 5.26. The van der Waals surface area contributed by atoms with E-state index in [1.165, 1.54) is 0 Å². The average Bonchev–Trinajstić information content (AvgIpc) is 2.66. The van der Waals surface area contributed by atoms with Gasteiger partial charge in [-0.3, -0.25) is 0 Å². The van der Waals surface area contributed by atoms with Crippen LogP contribution in [0.5, 0.6) is 0 Å². The van der Waals surface area contributed by atoms with Gasteiger partial charge in [-0.05, 0) is 22.3 Å². The van der Waals surface area contributed by atoms with E-state index >= 15 is 0 Å². The Bertz CT molecular complexity index is 846. The molecule has 0 aliphatic rings. The molecule has 0 saturated carbocycles. The summed E-state index contributed by atoms with van der Waals surface area (Å²) in [5.41, 5.74) is 4.15. The summed E-state index contributed by atoms with van der Waals surface area (Å²) in [5.74, 6) is 4.02. The van der Waals surface area contributed by atoms with Crippen LogP contribution in [0.3, 0.4) is 0 Å². The first kappa shape index (κ1) is 15.5. The summed E-state index contributed by atoms with van der Waals surface area (Å²) in [6.45, 7) is 0. The first-order chi connectivity index (χ1) is 11.8. The molecule has 0 atom stereocenters. The molecule has 2 heteroatoms. The lowest BCUT2D eigenvalue weighted by Crippen LogP contribution is -1.92. The maximum atomic E-state index is 11.4. The van der Waals surface area contributed by atoms with Crippen molar-refractivity contribution in [2.45, 2.75) is 0 Å². The van der Waals surface area contributed by atoms with Crippen molar-refractivity contribution in [2.24, 2.45) is 0 Å². The standard InChI is InChI=1S/C22H14O2/c23-15-21(17-7-3-1-4-8-17)19-11-13-20(14-12-19)22(16-24)18-9-5-2-6-10-18/h1-14H. The first-order valence-electron chi connectivity index (χ1n) is 7.55. The van der Waals surface area contributed by atoms with Crippen molar-refractivity contribution < 1.29 is 9.59 Å². The van der Waals surface area contributed by atoms with E-state index in [0.29, 0.717) is 11.1 Å². The van der Waals surface area contributed by atoms with Crippen LogP contribution >= 0.6 is 0 Å². The zero-order chi connectivity index (χ0) is 16.8. The molecular weight excluding hydrogens is 296 g/mol. The molecule has 0 spiro atoms. The van der Waals surface area contributed by atoms with Gasteiger partial charge in [0.05, 0.1) is 11.1 Å². The Morgan fingerprint density at radius 2 is 0.750 bits per heavy atom. The summed E-state index contributed by atoms with van der Waals surface area (Å²) < 4.78 is 0. The van der Waals surface area contributed by atoms with E-state index in [0.717, 1.165) is 22.3 Å². The quantitative estimate of drug-likeness (QED) is 0.676. The van der Waals surface area contributed by atoms with Crippen LogP contribution in [-0.2, 0) is 9.59 Å². The molecule has 0 unspecified atom stereocenters. The van der Waals surface area contributed by atoms with E-state index in [1.54, 1.807) is 0 Å². The molecule has 0 radical (unpaired) electrons. The van der Waals surface area contributed by atoms with Gasteiger partial charge >= 0.3 is 0 Å². The smallest absolute Gasteiger partial charge is 0.133 e. The van der Waals surface area contributed by atoms with E-state index in [-0.39, 0.29) is 0 Å². The van der Waals surface area contributed by atoms with E-state index in [2.05, 4.69) is 0 Å². The Hall–Kier alpha value is -3.44. The molecule has 0 heterocycles. The molecule has 3 aromatic carbocycles. The maximum Gasteiger partial charge on any atom is 0.133 e. The Labute approximate surface area is 140 Å². The maximum absolute atomic E-state index is 11.4. The van der Waals surface area contributed by atoms with Crippen LogP contribution in [-0.4, -0.2) is 11.9 Å². The summed E-state index contributed by atoms with van der Waals surface area (Å²) >= 11 is 0. The fraction of sp³-hybridized carbons (Fsp3) is 0. The Morgan fingerprint density at radius 1 is 0.458 bits per heavy atom. The van der Waals surface area contributed by atoms with Gasteiger partial charge in [0.2, 0.25) is 0 Å². The molecule has 0 fully saturated rings. The van der Waals surface area contributed by atoms with Gasteiger partial charge in [-0.25, -0.2) is 9.59 Å². The number of carbonyl (C=O) groups excluding carboxylic acids is 2. The van der Waals surface area contributed by atoms with Crippen LogP contribution in [0.2, 0.25) is 0 Å². The van der Waals surface area contributed by atoms with Crippen LogP contribution in [0.25, 0.3) is 11.1 Å². The Kier molecular flexibility index (Phi) is 4.65. The van der Waals surface area contributed by atoms with E-state index < -0.39 is 0 Å². The topological polar surface area (TPSA) is 34.1 Å². The van der Waals surface area contributed by atoms with Crippen molar-refractivity contribution in [3.05, 3.63) is 107 Å². The van der Waals surface area contributed by atoms with Gasteiger partial charge < -0.3 is 0 Å². The van der Waals surface area contributed by atoms with Gasteiger partial charge in [0.15, 0.2) is 0 Å². The molecule has 114 valence electrons. The van der Waals surface area contributed by atoms with Gasteiger partial charge in [-0.1, -0.05) is 84.9 Å². The van der Waals surface area contributed by atoms with E-state index in [9.17, 15) is 9.59 Å². The minimum atomic E-state index is 0.499. The number of benzene rings is 3. The van der Waals surface area contributed by atoms with Crippen LogP contribution in [0.1, 0.15) is 22.3 Å². The fourth-order valence-corrected chi connectivity index (χ4v) is 2.58. The molecule has 0 amide bonds. The molecule has 0 N–H and O–H groups in total. The van der Waals surface area contributed by atoms with Crippen LogP contribution in [0, 0.1) is 0 Å². The molecule has 3 rings (SSSR count). The molecular formula is C22H14O2. The largest absolute Gasteiger partial charge is 0.233 e. The monoisotopic (exact) mass is 310 g/mol. The van der Waals surface area contributed by atoms with Gasteiger partial charge in [0, 0.05) is 0 Å². The predicted octanol–water partition coefficient (Wildman–Crippen LogP) is 4.21. The Balaban J connectivity index is 1.96. The zero-order valence-corrected chi connectivity index (χ0v) is 12.9. The highest BCUT2D eigenvalue weighted by molar-refractivity contribution is 5.99. The van der Waals surface area contributed by atoms with Crippen LogP contribution in [0.4, 0.5) is 0 Å². The van der Waals surface area contributed by atoms with Crippen molar-refractivity contribution in [1.29, 1.82) is 0 Å². The van der Waals surface area contributed by atoms with Crippen LogP contribution in [0.15, 0.2) is 84.9 Å². The fourth-order valence-electron chi connectivity index (χ4n) is 2.58. The molecule has 24 heavy (non-hydrogen) atoms. The third kappa shape index (κ3) is 3.16. The lowest BCUT2D eigenvalue weighted by molar-refractivity contribution is 0.569. The van der Waals surface area contributed by atoms with Gasteiger partial charge in [-0.15, -0.1) is 0 Å². The highest BCUT2D eigenvalue weighted by Crippen LogP contribution is 2.25. The highest BCUT2D eigenvalue weighted by atomic mass is 16.1. The minimum Gasteiger partial charge on any atom is -0.233 e. The van der Waals surface area contributed by atoms with Crippen molar-refractivity contribution >= 4 is 23.0 Å².